The number of benzene rings is 2. The Bertz CT molecular complexity index is 924. The second-order valence-corrected chi connectivity index (χ2v) is 6.69. The maximum Gasteiger partial charge on any atom is 0.226 e. The lowest BCUT2D eigenvalue weighted by atomic mass is 10.1. The predicted octanol–water partition coefficient (Wildman–Crippen LogP) is 5.39. The molecule has 1 aromatic heterocycles. The minimum atomic E-state index is -0.299. The van der Waals surface area contributed by atoms with Gasteiger partial charge in [-0.2, -0.15) is 0 Å². The third-order valence-corrected chi connectivity index (χ3v) is 4.15. The first kappa shape index (κ1) is 21.7. The minimum Gasteiger partial charge on any atom is -0.460 e. The number of amides is 1. The zero-order chi connectivity index (χ0) is 19.2. The lowest BCUT2D eigenvalue weighted by Crippen LogP contribution is -2.18. The quantitative estimate of drug-likeness (QED) is 0.557. The maximum absolute atomic E-state index is 13.8. The monoisotopic (exact) mass is 402 g/mol. The molecule has 0 bridgehead atoms. The van der Waals surface area contributed by atoms with Crippen LogP contribution in [-0.2, 0) is 17.9 Å². The summed E-state index contributed by atoms with van der Waals surface area (Å²) in [6, 6.07) is 17.9. The van der Waals surface area contributed by atoms with Gasteiger partial charge in [-0.15, -0.1) is 12.4 Å². The molecule has 3 rings (SSSR count). The molecule has 0 atom stereocenters. The van der Waals surface area contributed by atoms with Crippen LogP contribution in [0.1, 0.15) is 25.2 Å². The smallest absolute Gasteiger partial charge is 0.226 e. The first-order chi connectivity index (χ1) is 13.0. The molecule has 3 aromatic rings. The molecule has 0 saturated carbocycles. The number of nitrogens with one attached hydrogen (secondary N) is 2. The van der Waals surface area contributed by atoms with Crippen LogP contribution in [0.25, 0.3) is 11.3 Å². The van der Waals surface area contributed by atoms with E-state index in [1.807, 2.05) is 44.2 Å². The highest BCUT2D eigenvalue weighted by atomic mass is 35.5. The van der Waals surface area contributed by atoms with Crippen LogP contribution in [0.15, 0.2) is 65.1 Å². The molecular formula is C22H24ClFN2O2. The Morgan fingerprint density at radius 3 is 2.57 bits per heavy atom. The van der Waals surface area contributed by atoms with Gasteiger partial charge in [0.25, 0.3) is 0 Å². The summed E-state index contributed by atoms with van der Waals surface area (Å²) in [6.45, 7) is 4.87. The highest BCUT2D eigenvalue weighted by molar-refractivity contribution is 5.92. The molecule has 0 unspecified atom stereocenters. The topological polar surface area (TPSA) is 54.3 Å². The van der Waals surface area contributed by atoms with E-state index in [4.69, 9.17) is 4.42 Å². The van der Waals surface area contributed by atoms with Crippen molar-refractivity contribution in [3.8, 4) is 11.3 Å². The van der Waals surface area contributed by atoms with Crippen LogP contribution in [0.5, 0.6) is 0 Å². The van der Waals surface area contributed by atoms with Gasteiger partial charge in [0, 0.05) is 18.2 Å². The van der Waals surface area contributed by atoms with Gasteiger partial charge in [0.15, 0.2) is 0 Å². The standard InChI is InChI=1S/C22H23FN2O2.ClH/c1-15(2)22(26)25-17-7-5-6-16(12-17)13-24-14-18-10-11-21(27-18)19-8-3-4-9-20(19)23;/h3-12,15,24H,13-14H2,1-2H3,(H,25,26);1H. The second kappa shape index (κ2) is 10.1. The van der Waals surface area contributed by atoms with Crippen molar-refractivity contribution in [2.75, 3.05) is 5.32 Å². The first-order valence-electron chi connectivity index (χ1n) is 8.97. The van der Waals surface area contributed by atoms with E-state index in [1.165, 1.54) is 6.07 Å². The molecule has 0 fully saturated rings. The van der Waals surface area contributed by atoms with Crippen molar-refractivity contribution in [1.82, 2.24) is 5.32 Å². The van der Waals surface area contributed by atoms with Gasteiger partial charge in [-0.05, 0) is 42.0 Å². The summed E-state index contributed by atoms with van der Waals surface area (Å²) in [6.07, 6.45) is 0. The van der Waals surface area contributed by atoms with E-state index in [2.05, 4.69) is 10.6 Å². The normalized spacial score (nSPS) is 10.6. The summed E-state index contributed by atoms with van der Waals surface area (Å²) >= 11 is 0. The molecule has 2 aromatic carbocycles. The molecule has 0 saturated heterocycles. The van der Waals surface area contributed by atoms with Gasteiger partial charge < -0.3 is 15.1 Å². The lowest BCUT2D eigenvalue weighted by Gasteiger charge is -2.09. The van der Waals surface area contributed by atoms with Gasteiger partial charge in [-0.1, -0.05) is 38.1 Å². The Hall–Kier alpha value is -2.63. The Labute approximate surface area is 170 Å². The number of hydrogen-bond acceptors (Lipinski definition) is 3. The van der Waals surface area contributed by atoms with Crippen LogP contribution in [0.3, 0.4) is 0 Å². The Morgan fingerprint density at radius 2 is 1.82 bits per heavy atom. The van der Waals surface area contributed by atoms with Gasteiger partial charge in [0.05, 0.1) is 12.1 Å². The molecule has 0 radical (unpaired) electrons. The fourth-order valence-electron chi connectivity index (χ4n) is 2.65. The molecule has 1 heterocycles. The van der Waals surface area contributed by atoms with Crippen LogP contribution >= 0.6 is 12.4 Å². The molecule has 0 aliphatic rings. The Balaban J connectivity index is 0.00000280. The third kappa shape index (κ3) is 5.68. The number of carbonyl (C=O) groups excluding carboxylic acids is 1. The van der Waals surface area contributed by atoms with Crippen molar-refractivity contribution in [3.63, 3.8) is 0 Å². The van der Waals surface area contributed by atoms with Gasteiger partial charge in [-0.25, -0.2) is 4.39 Å². The number of hydrogen-bond donors (Lipinski definition) is 2. The zero-order valence-corrected chi connectivity index (χ0v) is 16.7. The van der Waals surface area contributed by atoms with Gasteiger partial charge >= 0.3 is 0 Å². The lowest BCUT2D eigenvalue weighted by molar-refractivity contribution is -0.118. The van der Waals surface area contributed by atoms with Crippen molar-refractivity contribution in [2.45, 2.75) is 26.9 Å². The fourth-order valence-corrected chi connectivity index (χ4v) is 2.65. The van der Waals surface area contributed by atoms with E-state index < -0.39 is 0 Å². The van der Waals surface area contributed by atoms with Crippen molar-refractivity contribution < 1.29 is 13.6 Å². The SMILES string of the molecule is CC(C)C(=O)Nc1cccc(CNCc2ccc(-c3ccccc3F)o2)c1.Cl. The molecule has 28 heavy (non-hydrogen) atoms. The van der Waals surface area contributed by atoms with Crippen molar-refractivity contribution in [2.24, 2.45) is 5.92 Å². The van der Waals surface area contributed by atoms with Crippen molar-refractivity contribution in [1.29, 1.82) is 0 Å². The molecule has 0 spiro atoms. The highest BCUT2D eigenvalue weighted by Gasteiger charge is 2.09. The zero-order valence-electron chi connectivity index (χ0n) is 15.9. The van der Waals surface area contributed by atoms with Gasteiger partial charge in [0.2, 0.25) is 5.91 Å². The van der Waals surface area contributed by atoms with Crippen LogP contribution in [0.4, 0.5) is 10.1 Å². The molecule has 4 nitrogen and oxygen atoms in total. The van der Waals surface area contributed by atoms with E-state index in [-0.39, 0.29) is 30.0 Å². The van der Waals surface area contributed by atoms with Crippen molar-refractivity contribution >= 4 is 24.0 Å². The highest BCUT2D eigenvalue weighted by Crippen LogP contribution is 2.24. The molecule has 1 amide bonds. The Kier molecular flexibility index (Phi) is 7.79. The van der Waals surface area contributed by atoms with Crippen LogP contribution < -0.4 is 10.6 Å². The third-order valence-electron chi connectivity index (χ3n) is 4.15. The fraction of sp³-hybridized carbons (Fsp3) is 0.227. The number of carbonyl (C=O) groups is 1. The second-order valence-electron chi connectivity index (χ2n) is 6.69. The first-order valence-corrected chi connectivity index (χ1v) is 8.97. The van der Waals surface area contributed by atoms with Crippen LogP contribution in [0.2, 0.25) is 0 Å². The summed E-state index contributed by atoms with van der Waals surface area (Å²) < 4.78 is 19.6. The molecule has 0 aliphatic carbocycles. The number of halogens is 2. The molecule has 0 aliphatic heterocycles. The average molecular weight is 403 g/mol. The largest absolute Gasteiger partial charge is 0.460 e. The van der Waals surface area contributed by atoms with Gasteiger partial charge in [0.1, 0.15) is 17.3 Å². The molecule has 2 N–H and O–H groups in total. The van der Waals surface area contributed by atoms with E-state index in [0.29, 0.717) is 24.4 Å². The summed E-state index contributed by atoms with van der Waals surface area (Å²) in [5.41, 5.74) is 2.29. The average Bonchev–Trinajstić information content (AvgIpc) is 3.11. The minimum absolute atomic E-state index is 0. The molecule has 148 valence electrons. The van der Waals surface area contributed by atoms with E-state index in [0.717, 1.165) is 17.0 Å². The number of anilines is 1. The molecule has 6 heteroatoms. The van der Waals surface area contributed by atoms with E-state index in [9.17, 15) is 9.18 Å². The van der Waals surface area contributed by atoms with Crippen LogP contribution in [0, 0.1) is 11.7 Å². The summed E-state index contributed by atoms with van der Waals surface area (Å²) in [7, 11) is 0. The summed E-state index contributed by atoms with van der Waals surface area (Å²) in [4.78, 5) is 11.8. The maximum atomic E-state index is 13.8. The van der Waals surface area contributed by atoms with Crippen molar-refractivity contribution in [3.05, 3.63) is 77.8 Å². The summed E-state index contributed by atoms with van der Waals surface area (Å²) in [5, 5.41) is 6.20. The van der Waals surface area contributed by atoms with E-state index >= 15 is 0 Å². The summed E-state index contributed by atoms with van der Waals surface area (Å²) in [5.74, 6) is 0.887. The van der Waals surface area contributed by atoms with Gasteiger partial charge in [-0.3, -0.25) is 4.79 Å². The molecular weight excluding hydrogens is 379 g/mol. The predicted molar refractivity (Wildman–Crippen MR) is 112 cm³/mol. The van der Waals surface area contributed by atoms with Crippen LogP contribution in [-0.4, -0.2) is 5.91 Å². The number of furan rings is 1. The Morgan fingerprint density at radius 1 is 1.04 bits per heavy atom. The number of rotatable bonds is 7. The van der Waals surface area contributed by atoms with E-state index in [1.54, 1.807) is 24.3 Å².